The first-order chi connectivity index (χ1) is 29.0. The van der Waals surface area contributed by atoms with Gasteiger partial charge in [0.25, 0.3) is 0 Å². The number of methoxy groups -OCH3 is 2. The average molecular weight is 791 g/mol. The molecule has 0 saturated heterocycles. The lowest BCUT2D eigenvalue weighted by atomic mass is 9.97. The summed E-state index contributed by atoms with van der Waals surface area (Å²) in [5, 5.41) is 7.38. The maximum Gasteiger partial charge on any atom is 0.232 e. The number of ether oxygens (including phenoxy) is 2. The molecule has 1 heterocycles. The fourth-order valence-electron chi connectivity index (χ4n) is 6.65. The first kappa shape index (κ1) is 43.9. The lowest BCUT2D eigenvalue weighted by Gasteiger charge is -2.09. The van der Waals surface area contributed by atoms with Crippen molar-refractivity contribution in [2.45, 2.75) is 84.0 Å². The van der Waals surface area contributed by atoms with E-state index in [2.05, 4.69) is 66.0 Å². The number of nitrogens with zero attached hydrogens (tertiary/aromatic N) is 1. The number of unbranched alkanes of at least 4 members (excludes halogenated alkanes) is 4. The Morgan fingerprint density at radius 3 is 1.66 bits per heavy atom. The first-order valence-electron chi connectivity index (χ1n) is 20.9. The number of carbonyl (C=O) groups excluding carboxylic acids is 2. The number of anilines is 1. The van der Waals surface area contributed by atoms with Crippen LogP contribution in [-0.2, 0) is 22.4 Å². The molecule has 0 saturated carbocycles. The predicted octanol–water partition coefficient (Wildman–Crippen LogP) is 13.1. The highest BCUT2D eigenvalue weighted by atomic mass is 16.5. The van der Waals surface area contributed by atoms with Gasteiger partial charge in [0, 0.05) is 24.1 Å². The fraction of sp³-hybridized carbons (Fsp3) is 0.288. The van der Waals surface area contributed by atoms with Crippen LogP contribution in [0.5, 0.6) is 11.5 Å². The van der Waals surface area contributed by atoms with Gasteiger partial charge in [-0.15, -0.1) is 0 Å². The number of hydrogen-bond donors (Lipinski definition) is 1. The van der Waals surface area contributed by atoms with Crippen LogP contribution in [0.2, 0.25) is 0 Å². The Labute approximate surface area is 350 Å². The van der Waals surface area contributed by atoms with Crippen LogP contribution >= 0.6 is 0 Å². The van der Waals surface area contributed by atoms with Crippen molar-refractivity contribution in [2.75, 3.05) is 19.5 Å². The monoisotopic (exact) mass is 790 g/mol. The first-order valence-corrected chi connectivity index (χ1v) is 20.9. The van der Waals surface area contributed by atoms with Crippen LogP contribution in [0.1, 0.15) is 82.5 Å². The van der Waals surface area contributed by atoms with Crippen molar-refractivity contribution < 1.29 is 23.6 Å². The van der Waals surface area contributed by atoms with Crippen LogP contribution in [0.4, 0.5) is 5.69 Å². The van der Waals surface area contributed by atoms with Gasteiger partial charge in [0.2, 0.25) is 5.91 Å². The molecule has 0 spiro atoms. The molecular weight excluding hydrogens is 733 g/mol. The zero-order chi connectivity index (χ0) is 41.5. The molecule has 0 radical (unpaired) electrons. The Morgan fingerprint density at radius 1 is 0.593 bits per heavy atom. The van der Waals surface area contributed by atoms with Gasteiger partial charge in [-0.05, 0) is 116 Å². The number of amides is 1. The van der Waals surface area contributed by atoms with Gasteiger partial charge in [-0.25, -0.2) is 0 Å². The normalized spacial score (nSPS) is 11.6. The number of benzene rings is 4. The van der Waals surface area contributed by atoms with Crippen molar-refractivity contribution >= 4 is 17.4 Å². The predicted molar refractivity (Wildman–Crippen MR) is 242 cm³/mol. The van der Waals surface area contributed by atoms with Crippen molar-refractivity contribution in [1.82, 2.24) is 5.16 Å². The molecular formula is C52H58N2O5. The molecule has 0 bridgehead atoms. The molecule has 0 aliphatic heterocycles. The molecule has 0 unspecified atom stereocenters. The van der Waals surface area contributed by atoms with E-state index < -0.39 is 0 Å². The van der Waals surface area contributed by atoms with Crippen molar-refractivity contribution in [2.24, 2.45) is 0 Å². The van der Waals surface area contributed by atoms with Crippen molar-refractivity contribution in [1.29, 1.82) is 0 Å². The largest absolute Gasteiger partial charge is 0.497 e. The standard InChI is InChI=1S/C52H58N2O5/c1-4-5-6-7-8-9-10-11-12-13-14-15-16-17-18-19-20-21-46(55)38-40-22-24-41(25-23-40)42-26-32-45(33-27-42)53-50(56)39-49-51(43-28-34-47(57-2)35-29-43)52(54-59-49)44-30-36-48(58-3)37-31-44/h8-9,11-12,14-15,17-18,22-37H,4-7,10,13,16,19-21,38-39H2,1-3H3,(H,53,56)/b9-8-,12-11-,15-14-,18-17-. The fourth-order valence-corrected chi connectivity index (χ4v) is 6.65. The summed E-state index contributed by atoms with van der Waals surface area (Å²) in [6.07, 6.45) is 28.5. The van der Waals surface area contributed by atoms with E-state index in [0.717, 1.165) is 77.0 Å². The third-order valence-corrected chi connectivity index (χ3v) is 9.97. The molecule has 1 aromatic heterocycles. The van der Waals surface area contributed by atoms with Gasteiger partial charge in [-0.2, -0.15) is 0 Å². The molecule has 5 rings (SSSR count). The molecule has 0 fully saturated rings. The minimum absolute atomic E-state index is 0.00298. The quantitative estimate of drug-likeness (QED) is 0.0494. The van der Waals surface area contributed by atoms with Gasteiger partial charge < -0.3 is 19.3 Å². The SMILES string of the molecule is CCCCC/C=C\C/C=C\C/C=C\C/C=C\CCCC(=O)Cc1ccc(-c2ccc(NC(=O)Cc3onc(-c4ccc(OC)cc4)c3-c3ccc(OC)cc3)cc2)cc1. The molecule has 5 aromatic rings. The molecule has 59 heavy (non-hydrogen) atoms. The Morgan fingerprint density at radius 2 is 1.10 bits per heavy atom. The van der Waals surface area contributed by atoms with Crippen molar-refractivity contribution in [3.05, 3.63) is 157 Å². The number of allylic oxidation sites excluding steroid dienone is 8. The van der Waals surface area contributed by atoms with E-state index in [1.54, 1.807) is 14.2 Å². The minimum atomic E-state index is -0.224. The summed E-state index contributed by atoms with van der Waals surface area (Å²) in [4.78, 5) is 26.0. The molecule has 1 amide bonds. The van der Waals surface area contributed by atoms with Crippen LogP contribution in [0.25, 0.3) is 33.5 Å². The zero-order valence-electron chi connectivity index (χ0n) is 34.8. The topological polar surface area (TPSA) is 90.7 Å². The molecule has 306 valence electrons. The summed E-state index contributed by atoms with van der Waals surface area (Å²) in [6.45, 7) is 2.24. The number of hydrogen-bond acceptors (Lipinski definition) is 6. The second-order valence-electron chi connectivity index (χ2n) is 14.5. The summed E-state index contributed by atoms with van der Waals surface area (Å²) >= 11 is 0. The minimum Gasteiger partial charge on any atom is -0.497 e. The number of carbonyl (C=O) groups is 2. The molecule has 4 aromatic carbocycles. The molecule has 7 heteroatoms. The zero-order valence-corrected chi connectivity index (χ0v) is 34.8. The Balaban J connectivity index is 1.04. The maximum absolute atomic E-state index is 13.3. The third-order valence-electron chi connectivity index (χ3n) is 9.97. The maximum atomic E-state index is 13.3. The highest BCUT2D eigenvalue weighted by molar-refractivity contribution is 5.94. The van der Waals surface area contributed by atoms with Gasteiger partial charge in [0.1, 0.15) is 23.0 Å². The van der Waals surface area contributed by atoms with Gasteiger partial charge in [-0.3, -0.25) is 9.59 Å². The number of rotatable bonds is 24. The molecule has 1 N–H and O–H groups in total. The van der Waals surface area contributed by atoms with E-state index in [9.17, 15) is 9.59 Å². The Hall–Kier alpha value is -6.21. The van der Waals surface area contributed by atoms with Crippen LogP contribution in [0.3, 0.4) is 0 Å². The lowest BCUT2D eigenvalue weighted by Crippen LogP contribution is -2.14. The van der Waals surface area contributed by atoms with E-state index in [1.165, 1.54) is 25.7 Å². The van der Waals surface area contributed by atoms with Crippen molar-refractivity contribution in [3.8, 4) is 45.0 Å². The number of Topliss-reactive ketones (excluding diaryl/α,β-unsaturated/α-hetero) is 1. The third kappa shape index (κ3) is 14.6. The second-order valence-corrected chi connectivity index (χ2v) is 14.5. The molecule has 0 aliphatic carbocycles. The molecule has 7 nitrogen and oxygen atoms in total. The van der Waals surface area contributed by atoms with Crippen LogP contribution < -0.4 is 14.8 Å². The van der Waals surface area contributed by atoms with Crippen LogP contribution in [0.15, 0.2) is 150 Å². The average Bonchev–Trinajstić information content (AvgIpc) is 3.68. The van der Waals surface area contributed by atoms with Gasteiger partial charge in [0.05, 0.1) is 26.2 Å². The Kier molecular flexibility index (Phi) is 18.3. The summed E-state index contributed by atoms with van der Waals surface area (Å²) in [6, 6.07) is 31.0. The molecule has 0 aliphatic rings. The van der Waals surface area contributed by atoms with Gasteiger partial charge in [0.15, 0.2) is 5.76 Å². The smallest absolute Gasteiger partial charge is 0.232 e. The number of nitrogens with one attached hydrogen (secondary N) is 1. The number of ketones is 1. The van der Waals surface area contributed by atoms with Crippen molar-refractivity contribution in [3.63, 3.8) is 0 Å². The summed E-state index contributed by atoms with van der Waals surface area (Å²) in [5.41, 5.74) is 6.83. The lowest BCUT2D eigenvalue weighted by molar-refractivity contribution is -0.118. The van der Waals surface area contributed by atoms with Crippen LogP contribution in [0, 0.1) is 0 Å². The van der Waals surface area contributed by atoms with E-state index in [0.29, 0.717) is 30.0 Å². The van der Waals surface area contributed by atoms with Gasteiger partial charge >= 0.3 is 0 Å². The van der Waals surface area contributed by atoms with Crippen LogP contribution in [-0.4, -0.2) is 31.1 Å². The summed E-state index contributed by atoms with van der Waals surface area (Å²) in [7, 11) is 3.25. The Bertz CT molecular complexity index is 2140. The summed E-state index contributed by atoms with van der Waals surface area (Å²) < 4.78 is 16.5. The highest BCUT2D eigenvalue weighted by Crippen LogP contribution is 2.36. The number of aromatic nitrogens is 1. The van der Waals surface area contributed by atoms with E-state index in [1.807, 2.05) is 97.1 Å². The van der Waals surface area contributed by atoms with Gasteiger partial charge in [-0.1, -0.05) is 122 Å². The van der Waals surface area contributed by atoms with E-state index >= 15 is 0 Å². The van der Waals surface area contributed by atoms with E-state index in [4.69, 9.17) is 14.0 Å². The molecule has 0 atom stereocenters. The summed E-state index contributed by atoms with van der Waals surface area (Å²) in [5.74, 6) is 1.95. The highest BCUT2D eigenvalue weighted by Gasteiger charge is 2.22. The second kappa shape index (κ2) is 24.5. The van der Waals surface area contributed by atoms with E-state index in [-0.39, 0.29) is 18.1 Å².